The molecule has 1 N–H and O–H groups in total. The summed E-state index contributed by atoms with van der Waals surface area (Å²) in [5.41, 5.74) is 7.35. The lowest BCUT2D eigenvalue weighted by atomic mass is 9.71. The molecule has 3 aliphatic rings. The maximum absolute atomic E-state index is 13.0. The molecule has 37 heavy (non-hydrogen) atoms. The second-order valence-corrected chi connectivity index (χ2v) is 11.2. The van der Waals surface area contributed by atoms with Gasteiger partial charge in [-0.05, 0) is 87.5 Å². The van der Waals surface area contributed by atoms with Crippen LogP contribution in [0.5, 0.6) is 0 Å². The molecule has 2 aromatic carbocycles. The first-order valence-electron chi connectivity index (χ1n) is 13.5. The van der Waals surface area contributed by atoms with Gasteiger partial charge in [0.15, 0.2) is 0 Å². The Morgan fingerprint density at radius 1 is 0.892 bits per heavy atom. The minimum absolute atomic E-state index is 0.0495. The number of rotatable bonds is 2. The number of likely N-dealkylation sites (N-methyl/N-ethyl adjacent to an activating group) is 1. The van der Waals surface area contributed by atoms with E-state index in [1.165, 1.54) is 31.4 Å². The number of nitrogens with zero attached hydrogens (tertiary/aromatic N) is 5. The van der Waals surface area contributed by atoms with Crippen molar-refractivity contribution in [2.24, 2.45) is 12.5 Å². The Kier molecular flexibility index (Phi) is 5.88. The van der Waals surface area contributed by atoms with Crippen molar-refractivity contribution in [1.29, 1.82) is 5.26 Å². The minimum atomic E-state index is 0.0495. The molecule has 0 bridgehead atoms. The van der Waals surface area contributed by atoms with E-state index in [1.54, 1.807) is 4.57 Å². The molecule has 7 nitrogen and oxygen atoms in total. The summed E-state index contributed by atoms with van der Waals surface area (Å²) in [6.45, 7) is 7.95. The third kappa shape index (κ3) is 4.04. The van der Waals surface area contributed by atoms with Crippen LogP contribution in [-0.2, 0) is 7.05 Å². The lowest BCUT2D eigenvalue weighted by molar-refractivity contribution is 0.155. The van der Waals surface area contributed by atoms with Crippen molar-refractivity contribution in [3.05, 3.63) is 57.9 Å². The fourth-order valence-electron chi connectivity index (χ4n) is 6.66. The van der Waals surface area contributed by atoms with Crippen molar-refractivity contribution >= 4 is 33.7 Å². The van der Waals surface area contributed by atoms with Gasteiger partial charge in [0.1, 0.15) is 0 Å². The highest BCUT2D eigenvalue weighted by Crippen LogP contribution is 2.44. The van der Waals surface area contributed by atoms with Gasteiger partial charge in [0, 0.05) is 56.9 Å². The molecule has 2 fully saturated rings. The van der Waals surface area contributed by atoms with Crippen molar-refractivity contribution in [3.63, 3.8) is 0 Å². The van der Waals surface area contributed by atoms with E-state index >= 15 is 0 Å². The second kappa shape index (κ2) is 9.11. The number of anilines is 4. The SMILES string of the molecule is Cc1cc2c(N3CCN(C)c4ccc(C#N)cc43)cc(N3CCC4(CCNCC4)CC3)cc2n(C)c1=O. The summed E-state index contributed by atoms with van der Waals surface area (Å²) in [7, 11) is 3.99. The largest absolute Gasteiger partial charge is 0.371 e. The van der Waals surface area contributed by atoms with E-state index in [1.807, 2.05) is 32.2 Å². The molecule has 0 atom stereocenters. The smallest absolute Gasteiger partial charge is 0.253 e. The van der Waals surface area contributed by atoms with Gasteiger partial charge in [-0.2, -0.15) is 5.26 Å². The number of fused-ring (bicyclic) bond motifs is 2. The van der Waals surface area contributed by atoms with Gasteiger partial charge in [0.05, 0.1) is 34.2 Å². The molecule has 192 valence electrons. The van der Waals surface area contributed by atoms with E-state index in [4.69, 9.17) is 0 Å². The Morgan fingerprint density at radius 3 is 2.38 bits per heavy atom. The van der Waals surface area contributed by atoms with Crippen LogP contribution in [0.1, 0.15) is 36.8 Å². The summed E-state index contributed by atoms with van der Waals surface area (Å²) in [4.78, 5) is 20.1. The van der Waals surface area contributed by atoms with Gasteiger partial charge in [-0.25, -0.2) is 0 Å². The summed E-state index contributed by atoms with van der Waals surface area (Å²) in [6.07, 6.45) is 4.99. The van der Waals surface area contributed by atoms with Crippen molar-refractivity contribution in [2.45, 2.75) is 32.6 Å². The van der Waals surface area contributed by atoms with Crippen molar-refractivity contribution in [1.82, 2.24) is 9.88 Å². The van der Waals surface area contributed by atoms with Crippen LogP contribution in [0.4, 0.5) is 22.7 Å². The molecule has 0 unspecified atom stereocenters. The molecule has 1 aromatic heterocycles. The predicted octanol–water partition coefficient (Wildman–Crippen LogP) is 4.28. The van der Waals surface area contributed by atoms with Crippen LogP contribution < -0.4 is 25.6 Å². The van der Waals surface area contributed by atoms with Crippen molar-refractivity contribution in [2.75, 3.05) is 61.0 Å². The third-order valence-electron chi connectivity index (χ3n) is 9.10. The first-order chi connectivity index (χ1) is 17.9. The first kappa shape index (κ1) is 23.9. The average molecular weight is 497 g/mol. The van der Waals surface area contributed by atoms with Crippen LogP contribution in [0.15, 0.2) is 41.2 Å². The number of aryl methyl sites for hydroxylation is 2. The maximum Gasteiger partial charge on any atom is 0.253 e. The Bertz CT molecular complexity index is 1450. The molecular weight excluding hydrogens is 460 g/mol. The molecule has 7 heteroatoms. The van der Waals surface area contributed by atoms with Gasteiger partial charge < -0.3 is 24.6 Å². The lowest BCUT2D eigenvalue weighted by Gasteiger charge is -2.45. The standard InChI is InChI=1S/C30H36N6O/c1-21-16-24-26(34(3)29(21)37)18-23(35-12-8-30(9-13-35)6-10-32-11-7-30)19-27(24)36-15-14-33(2)25-5-4-22(20-31)17-28(25)36/h4-5,16-19,32H,6-15H2,1-3H3. The summed E-state index contributed by atoms with van der Waals surface area (Å²) in [5, 5.41) is 14.2. The molecule has 0 amide bonds. The van der Waals surface area contributed by atoms with Crippen molar-refractivity contribution in [3.8, 4) is 6.07 Å². The number of hydrogen-bond donors (Lipinski definition) is 1. The molecule has 0 radical (unpaired) electrons. The fourth-order valence-corrected chi connectivity index (χ4v) is 6.66. The van der Waals surface area contributed by atoms with Crippen molar-refractivity contribution < 1.29 is 0 Å². The molecule has 0 aliphatic carbocycles. The number of piperidine rings is 2. The molecule has 6 rings (SSSR count). The van der Waals surface area contributed by atoms with E-state index in [0.717, 1.165) is 72.8 Å². The number of benzene rings is 2. The molecule has 4 heterocycles. The number of nitrogens with one attached hydrogen (secondary N) is 1. The quantitative estimate of drug-likeness (QED) is 0.571. The molecule has 1 spiro atoms. The van der Waals surface area contributed by atoms with Gasteiger partial charge >= 0.3 is 0 Å². The molecule has 2 saturated heterocycles. The van der Waals surface area contributed by atoms with E-state index < -0.39 is 0 Å². The zero-order valence-corrected chi connectivity index (χ0v) is 22.2. The number of pyridine rings is 1. The molecule has 3 aliphatic heterocycles. The van der Waals surface area contributed by atoms with Crippen LogP contribution >= 0.6 is 0 Å². The van der Waals surface area contributed by atoms with E-state index in [9.17, 15) is 10.1 Å². The van der Waals surface area contributed by atoms with E-state index in [-0.39, 0.29) is 5.56 Å². The highest BCUT2D eigenvalue weighted by molar-refractivity contribution is 5.99. The highest BCUT2D eigenvalue weighted by Gasteiger charge is 2.36. The topological polar surface area (TPSA) is 67.5 Å². The van der Waals surface area contributed by atoms with Gasteiger partial charge in [0.25, 0.3) is 5.56 Å². The summed E-state index contributed by atoms with van der Waals surface area (Å²) in [6, 6.07) is 14.8. The molecular formula is C30H36N6O. The first-order valence-corrected chi connectivity index (χ1v) is 13.5. The van der Waals surface area contributed by atoms with Crippen LogP contribution in [0.3, 0.4) is 0 Å². The Hall–Kier alpha value is -3.50. The van der Waals surface area contributed by atoms with Crippen LogP contribution in [0, 0.1) is 23.7 Å². The summed E-state index contributed by atoms with van der Waals surface area (Å²) < 4.78 is 1.80. The highest BCUT2D eigenvalue weighted by atomic mass is 16.1. The lowest BCUT2D eigenvalue weighted by Crippen LogP contribution is -2.45. The summed E-state index contributed by atoms with van der Waals surface area (Å²) in [5.74, 6) is 0. The number of nitriles is 1. The van der Waals surface area contributed by atoms with Crippen LogP contribution in [-0.4, -0.2) is 50.9 Å². The zero-order chi connectivity index (χ0) is 25.7. The van der Waals surface area contributed by atoms with E-state index in [0.29, 0.717) is 11.0 Å². The average Bonchev–Trinajstić information content (AvgIpc) is 2.92. The van der Waals surface area contributed by atoms with Gasteiger partial charge in [0.2, 0.25) is 0 Å². The van der Waals surface area contributed by atoms with Gasteiger partial charge in [-0.1, -0.05) is 0 Å². The third-order valence-corrected chi connectivity index (χ3v) is 9.10. The maximum atomic E-state index is 13.0. The molecule has 3 aromatic rings. The van der Waals surface area contributed by atoms with Gasteiger partial charge in [-0.15, -0.1) is 0 Å². The van der Waals surface area contributed by atoms with Gasteiger partial charge in [-0.3, -0.25) is 4.79 Å². The normalized spacial score (nSPS) is 19.2. The minimum Gasteiger partial charge on any atom is -0.371 e. The number of hydrogen-bond acceptors (Lipinski definition) is 6. The fraction of sp³-hybridized carbons (Fsp3) is 0.467. The predicted molar refractivity (Wildman–Crippen MR) is 151 cm³/mol. The number of aromatic nitrogens is 1. The molecule has 0 saturated carbocycles. The van der Waals surface area contributed by atoms with Crippen LogP contribution in [0.25, 0.3) is 10.9 Å². The summed E-state index contributed by atoms with van der Waals surface area (Å²) >= 11 is 0. The zero-order valence-electron chi connectivity index (χ0n) is 22.2. The Morgan fingerprint density at radius 2 is 1.65 bits per heavy atom. The monoisotopic (exact) mass is 496 g/mol. The Balaban J connectivity index is 1.48. The van der Waals surface area contributed by atoms with E-state index in [2.05, 4.69) is 51.3 Å². The Labute approximate surface area is 218 Å². The van der Waals surface area contributed by atoms with Crippen LogP contribution in [0.2, 0.25) is 0 Å². The second-order valence-electron chi connectivity index (χ2n) is 11.2.